The van der Waals surface area contributed by atoms with Crippen LogP contribution in [-0.2, 0) is 13.1 Å². The topological polar surface area (TPSA) is 0 Å². The zero-order valence-electron chi connectivity index (χ0n) is 21.1. The number of alkyl halides is 1. The lowest BCUT2D eigenvalue weighted by Crippen LogP contribution is -2.26. The van der Waals surface area contributed by atoms with E-state index in [-0.39, 0.29) is 11.1 Å². The predicted octanol–water partition coefficient (Wildman–Crippen LogP) is 9.98. The second-order valence-electron chi connectivity index (χ2n) is 11.1. The van der Waals surface area contributed by atoms with Gasteiger partial charge in [-0.3, -0.25) is 0 Å². The quantitative estimate of drug-likeness (QED) is 0.308. The third-order valence-corrected chi connectivity index (χ3v) is 8.88. The van der Waals surface area contributed by atoms with Crippen LogP contribution in [0, 0.1) is 41.1 Å². The van der Waals surface area contributed by atoms with Gasteiger partial charge in [-0.05, 0) is 91.5 Å². The summed E-state index contributed by atoms with van der Waals surface area (Å²) in [6, 6.07) is 6.93. The molecule has 2 aromatic rings. The van der Waals surface area contributed by atoms with Crippen LogP contribution in [0.15, 0.2) is 30.3 Å². The Bertz CT molecular complexity index is 929. The number of aryl methyl sites for hydroxylation is 1. The SMILES string of the molecule is CCCCC1CCC(C2CCC(CCc3ccc(-c4cc(F)c(CF)c(F)c4)c(F)c3)CC2)CC1. The summed E-state index contributed by atoms with van der Waals surface area (Å²) in [5, 5.41) is 0. The minimum absolute atomic E-state index is 0.0963. The molecule has 0 atom stereocenters. The molecule has 2 aromatic carbocycles. The third-order valence-electron chi connectivity index (χ3n) is 8.88. The Morgan fingerprint density at radius 1 is 0.714 bits per heavy atom. The fourth-order valence-corrected chi connectivity index (χ4v) is 6.59. The Hall–Kier alpha value is -1.84. The molecule has 0 aromatic heterocycles. The summed E-state index contributed by atoms with van der Waals surface area (Å²) in [6.45, 7) is 1.07. The van der Waals surface area contributed by atoms with Crippen molar-refractivity contribution in [3.63, 3.8) is 0 Å². The van der Waals surface area contributed by atoms with E-state index in [0.717, 1.165) is 48.3 Å². The molecule has 2 aliphatic rings. The van der Waals surface area contributed by atoms with Crippen molar-refractivity contribution >= 4 is 0 Å². The first-order chi connectivity index (χ1) is 17.0. The van der Waals surface area contributed by atoms with E-state index in [1.807, 2.05) is 6.07 Å². The first-order valence-electron chi connectivity index (χ1n) is 13.8. The maximum absolute atomic E-state index is 14.8. The molecule has 192 valence electrons. The van der Waals surface area contributed by atoms with Crippen LogP contribution >= 0.6 is 0 Å². The summed E-state index contributed by atoms with van der Waals surface area (Å²) in [6.07, 6.45) is 17.0. The summed E-state index contributed by atoms with van der Waals surface area (Å²) >= 11 is 0. The van der Waals surface area contributed by atoms with E-state index in [1.165, 1.54) is 76.7 Å². The fraction of sp³-hybridized carbons (Fsp3) is 0.613. The highest BCUT2D eigenvalue weighted by atomic mass is 19.1. The molecule has 4 rings (SSSR count). The van der Waals surface area contributed by atoms with Crippen molar-refractivity contribution in [3.8, 4) is 11.1 Å². The maximum Gasteiger partial charge on any atom is 0.132 e. The molecule has 0 heterocycles. The summed E-state index contributed by atoms with van der Waals surface area (Å²) in [5.74, 6) is 1.06. The van der Waals surface area contributed by atoms with E-state index in [1.54, 1.807) is 6.07 Å². The van der Waals surface area contributed by atoms with Crippen molar-refractivity contribution in [2.75, 3.05) is 0 Å². The first kappa shape index (κ1) is 26.2. The molecule has 4 heteroatoms. The second-order valence-corrected chi connectivity index (χ2v) is 11.1. The largest absolute Gasteiger partial charge is 0.246 e. The Morgan fingerprint density at radius 3 is 1.80 bits per heavy atom. The van der Waals surface area contributed by atoms with E-state index in [2.05, 4.69) is 6.92 Å². The van der Waals surface area contributed by atoms with E-state index in [0.29, 0.717) is 5.92 Å². The lowest BCUT2D eigenvalue weighted by atomic mass is 9.68. The van der Waals surface area contributed by atoms with Gasteiger partial charge in [0, 0.05) is 5.56 Å². The van der Waals surface area contributed by atoms with E-state index < -0.39 is 29.7 Å². The molecule has 0 unspecified atom stereocenters. The molecule has 2 aliphatic carbocycles. The lowest BCUT2D eigenvalue weighted by molar-refractivity contribution is 0.140. The highest BCUT2D eigenvalue weighted by Gasteiger charge is 2.30. The van der Waals surface area contributed by atoms with Gasteiger partial charge in [-0.25, -0.2) is 17.6 Å². The van der Waals surface area contributed by atoms with Gasteiger partial charge in [0.25, 0.3) is 0 Å². The van der Waals surface area contributed by atoms with Crippen LogP contribution in [0.1, 0.15) is 95.1 Å². The van der Waals surface area contributed by atoms with Crippen LogP contribution in [0.25, 0.3) is 11.1 Å². The zero-order valence-corrected chi connectivity index (χ0v) is 21.1. The van der Waals surface area contributed by atoms with Crippen molar-refractivity contribution in [2.24, 2.45) is 23.7 Å². The Kier molecular flexibility index (Phi) is 9.30. The summed E-state index contributed by atoms with van der Waals surface area (Å²) in [7, 11) is 0. The minimum atomic E-state index is -1.22. The molecule has 0 spiro atoms. The van der Waals surface area contributed by atoms with Gasteiger partial charge in [-0.2, -0.15) is 0 Å². The van der Waals surface area contributed by atoms with Crippen molar-refractivity contribution < 1.29 is 17.6 Å². The van der Waals surface area contributed by atoms with Gasteiger partial charge in [-0.15, -0.1) is 0 Å². The number of rotatable bonds is 9. The summed E-state index contributed by atoms with van der Waals surface area (Å²) < 4.78 is 55.4. The molecule has 2 saturated carbocycles. The Balaban J connectivity index is 1.25. The van der Waals surface area contributed by atoms with Gasteiger partial charge >= 0.3 is 0 Å². The first-order valence-corrected chi connectivity index (χ1v) is 13.8. The molecule has 0 N–H and O–H groups in total. The number of benzene rings is 2. The van der Waals surface area contributed by atoms with Crippen LogP contribution in [0.4, 0.5) is 17.6 Å². The van der Waals surface area contributed by atoms with Gasteiger partial charge in [0.2, 0.25) is 0 Å². The number of halogens is 4. The number of unbranched alkanes of at least 4 members (excludes halogenated alkanes) is 1. The molecule has 0 bridgehead atoms. The Morgan fingerprint density at radius 2 is 1.29 bits per heavy atom. The Labute approximate surface area is 208 Å². The molecule has 0 nitrogen and oxygen atoms in total. The predicted molar refractivity (Wildman–Crippen MR) is 135 cm³/mol. The molecule has 2 fully saturated rings. The molecular weight excluding hydrogens is 448 g/mol. The van der Waals surface area contributed by atoms with Crippen LogP contribution in [0.2, 0.25) is 0 Å². The van der Waals surface area contributed by atoms with Gasteiger partial charge in [0.1, 0.15) is 24.1 Å². The van der Waals surface area contributed by atoms with Gasteiger partial charge in [0.15, 0.2) is 0 Å². The van der Waals surface area contributed by atoms with Crippen LogP contribution < -0.4 is 0 Å². The van der Waals surface area contributed by atoms with Crippen molar-refractivity contribution in [3.05, 3.63) is 58.9 Å². The highest BCUT2D eigenvalue weighted by molar-refractivity contribution is 5.65. The van der Waals surface area contributed by atoms with Crippen LogP contribution in [-0.4, -0.2) is 0 Å². The number of hydrogen-bond acceptors (Lipinski definition) is 0. The van der Waals surface area contributed by atoms with Crippen LogP contribution in [0.5, 0.6) is 0 Å². The van der Waals surface area contributed by atoms with Gasteiger partial charge in [0.05, 0.1) is 5.56 Å². The highest BCUT2D eigenvalue weighted by Crippen LogP contribution is 2.43. The maximum atomic E-state index is 14.8. The molecule has 0 aliphatic heterocycles. The van der Waals surface area contributed by atoms with E-state index in [9.17, 15) is 17.6 Å². The average Bonchev–Trinajstić information content (AvgIpc) is 2.87. The summed E-state index contributed by atoms with van der Waals surface area (Å²) in [4.78, 5) is 0. The molecular formula is C31H40F4. The summed E-state index contributed by atoms with van der Waals surface area (Å²) in [5.41, 5.74) is 0.543. The monoisotopic (exact) mass is 488 g/mol. The van der Waals surface area contributed by atoms with E-state index in [4.69, 9.17) is 0 Å². The molecule has 0 amide bonds. The van der Waals surface area contributed by atoms with Gasteiger partial charge < -0.3 is 0 Å². The second kappa shape index (κ2) is 12.4. The zero-order chi connectivity index (χ0) is 24.8. The molecule has 35 heavy (non-hydrogen) atoms. The van der Waals surface area contributed by atoms with Gasteiger partial charge in [-0.1, -0.05) is 64.0 Å². The van der Waals surface area contributed by atoms with Crippen molar-refractivity contribution in [2.45, 2.75) is 97.1 Å². The lowest BCUT2D eigenvalue weighted by Gasteiger charge is -2.38. The normalized spacial score (nSPS) is 25.1. The average molecular weight is 489 g/mol. The smallest absolute Gasteiger partial charge is 0.132 e. The minimum Gasteiger partial charge on any atom is -0.246 e. The van der Waals surface area contributed by atoms with Crippen LogP contribution in [0.3, 0.4) is 0 Å². The molecule has 0 radical (unpaired) electrons. The van der Waals surface area contributed by atoms with Crippen molar-refractivity contribution in [1.82, 2.24) is 0 Å². The molecule has 0 saturated heterocycles. The fourth-order valence-electron chi connectivity index (χ4n) is 6.59. The van der Waals surface area contributed by atoms with Crippen molar-refractivity contribution in [1.29, 1.82) is 0 Å². The standard InChI is InChI=1S/C31H40F4/c1-2-3-4-21-7-12-24(13-8-21)25-14-9-22(10-15-25)5-6-23-11-16-27(29(33)17-23)26-18-30(34)28(20-32)31(35)19-26/h11,16-19,21-22,24-25H,2-10,12-15,20H2,1H3. The van der Waals surface area contributed by atoms with E-state index >= 15 is 0 Å². The number of hydrogen-bond donors (Lipinski definition) is 0. The third kappa shape index (κ3) is 6.68.